The van der Waals surface area contributed by atoms with Gasteiger partial charge in [0.15, 0.2) is 0 Å². The Balaban J connectivity index is 2.35. The van der Waals surface area contributed by atoms with Gasteiger partial charge in [-0.1, -0.05) is 49.2 Å². The molecule has 20 heavy (non-hydrogen) atoms. The molecule has 1 aliphatic rings. The molecule has 0 heterocycles. The molecule has 0 spiro atoms. The summed E-state index contributed by atoms with van der Waals surface area (Å²) in [7, 11) is 0. The van der Waals surface area contributed by atoms with E-state index in [0.717, 1.165) is 5.56 Å². The third kappa shape index (κ3) is 2.26. The van der Waals surface area contributed by atoms with Crippen LogP contribution < -0.4 is 0 Å². The molecular formula is C17H21ClO2. The summed E-state index contributed by atoms with van der Waals surface area (Å²) < 4.78 is 0. The van der Waals surface area contributed by atoms with Gasteiger partial charge >= 0.3 is 5.97 Å². The van der Waals surface area contributed by atoms with Crippen molar-refractivity contribution in [2.24, 2.45) is 16.7 Å². The second kappa shape index (κ2) is 4.92. The predicted octanol–water partition coefficient (Wildman–Crippen LogP) is 4.58. The molecule has 1 N–H and O–H groups in total. The van der Waals surface area contributed by atoms with Crippen LogP contribution in [0.15, 0.2) is 35.9 Å². The minimum atomic E-state index is -0.710. The molecule has 2 nitrogen and oxygen atoms in total. The Morgan fingerprint density at radius 1 is 1.30 bits per heavy atom. The van der Waals surface area contributed by atoms with E-state index in [1.807, 2.05) is 52.0 Å². The van der Waals surface area contributed by atoms with Gasteiger partial charge in [0.05, 0.1) is 5.41 Å². The van der Waals surface area contributed by atoms with Crippen molar-refractivity contribution in [3.63, 3.8) is 0 Å². The Kier molecular flexibility index (Phi) is 3.72. The molecular weight excluding hydrogens is 272 g/mol. The smallest absolute Gasteiger partial charge is 0.311 e. The van der Waals surface area contributed by atoms with Crippen LogP contribution in [0.4, 0.5) is 0 Å². The zero-order chi connectivity index (χ0) is 15.1. The molecule has 0 aromatic heterocycles. The van der Waals surface area contributed by atoms with Crippen LogP contribution in [-0.2, 0) is 11.2 Å². The monoisotopic (exact) mass is 292 g/mol. The number of allylic oxidation sites excluding steroid dienone is 2. The van der Waals surface area contributed by atoms with E-state index >= 15 is 0 Å². The van der Waals surface area contributed by atoms with Crippen LogP contribution in [0.3, 0.4) is 0 Å². The molecule has 1 fully saturated rings. The number of benzene rings is 1. The molecule has 2 unspecified atom stereocenters. The van der Waals surface area contributed by atoms with E-state index in [1.54, 1.807) is 0 Å². The molecule has 0 radical (unpaired) electrons. The van der Waals surface area contributed by atoms with Crippen molar-refractivity contribution in [3.8, 4) is 0 Å². The maximum Gasteiger partial charge on any atom is 0.311 e. The lowest BCUT2D eigenvalue weighted by Crippen LogP contribution is -2.24. The number of hydrogen-bond donors (Lipinski definition) is 1. The number of carboxylic acid groups (broad SMARTS) is 1. The lowest BCUT2D eigenvalue weighted by molar-refractivity contribution is -0.145. The van der Waals surface area contributed by atoms with Crippen LogP contribution in [-0.4, -0.2) is 11.1 Å². The zero-order valence-corrected chi connectivity index (χ0v) is 13.2. The molecule has 1 aromatic carbocycles. The molecule has 108 valence electrons. The van der Waals surface area contributed by atoms with E-state index in [9.17, 15) is 9.90 Å². The van der Waals surface area contributed by atoms with E-state index in [-0.39, 0.29) is 11.3 Å². The fraction of sp³-hybridized carbons (Fsp3) is 0.471. The summed E-state index contributed by atoms with van der Waals surface area (Å²) in [6.45, 7) is 8.12. The van der Waals surface area contributed by atoms with Crippen molar-refractivity contribution in [1.29, 1.82) is 0 Å². The lowest BCUT2D eigenvalue weighted by Gasteiger charge is -2.15. The Hall–Kier alpha value is -1.28. The fourth-order valence-corrected chi connectivity index (χ4v) is 3.45. The largest absolute Gasteiger partial charge is 0.481 e. The van der Waals surface area contributed by atoms with Crippen molar-refractivity contribution in [1.82, 2.24) is 0 Å². The Bertz CT molecular complexity index is 553. The maximum atomic E-state index is 11.9. The highest BCUT2D eigenvalue weighted by molar-refractivity contribution is 6.30. The second-order valence-electron chi connectivity index (χ2n) is 6.52. The average molecular weight is 293 g/mol. The summed E-state index contributed by atoms with van der Waals surface area (Å²) in [5.74, 6) is -0.631. The van der Waals surface area contributed by atoms with Crippen LogP contribution in [0.25, 0.3) is 0 Å². The van der Waals surface area contributed by atoms with Gasteiger partial charge in [-0.2, -0.15) is 0 Å². The number of carboxylic acids is 1. The van der Waals surface area contributed by atoms with Gasteiger partial charge in [-0.25, -0.2) is 0 Å². The van der Waals surface area contributed by atoms with E-state index < -0.39 is 11.4 Å². The minimum absolute atomic E-state index is 0.0770. The van der Waals surface area contributed by atoms with Crippen LogP contribution in [0.1, 0.15) is 33.3 Å². The quantitative estimate of drug-likeness (QED) is 0.825. The SMILES string of the molecule is CC(C)=CC1C(C)(C)C1(Cc1ccc(Cl)cc1)C(=O)O. The highest BCUT2D eigenvalue weighted by Crippen LogP contribution is 2.71. The van der Waals surface area contributed by atoms with Crippen LogP contribution >= 0.6 is 11.6 Å². The molecule has 2 rings (SSSR count). The van der Waals surface area contributed by atoms with Crippen LogP contribution in [0, 0.1) is 16.7 Å². The normalized spacial score (nSPS) is 26.9. The summed E-state index contributed by atoms with van der Waals surface area (Å²) >= 11 is 5.89. The molecule has 1 aromatic rings. The van der Waals surface area contributed by atoms with Crippen molar-refractivity contribution >= 4 is 17.6 Å². The first kappa shape index (κ1) is 15.1. The average Bonchev–Trinajstić information content (AvgIpc) is 2.79. The van der Waals surface area contributed by atoms with Crippen molar-refractivity contribution in [3.05, 3.63) is 46.5 Å². The second-order valence-corrected chi connectivity index (χ2v) is 6.96. The molecule has 3 heteroatoms. The first-order valence-corrected chi connectivity index (χ1v) is 7.22. The standard InChI is InChI=1S/C17H21ClO2/c1-11(2)9-14-16(3,4)17(14,15(19)20)10-12-5-7-13(18)8-6-12/h5-9,14H,10H2,1-4H3,(H,19,20). The first-order chi connectivity index (χ1) is 9.21. The molecule has 0 saturated heterocycles. The Morgan fingerprint density at radius 3 is 2.30 bits per heavy atom. The minimum Gasteiger partial charge on any atom is -0.481 e. The molecule has 2 atom stereocenters. The van der Waals surface area contributed by atoms with Gasteiger partial charge in [0.2, 0.25) is 0 Å². The van der Waals surface area contributed by atoms with Crippen molar-refractivity contribution in [2.75, 3.05) is 0 Å². The summed E-state index contributed by atoms with van der Waals surface area (Å²) in [6, 6.07) is 7.47. The fourth-order valence-electron chi connectivity index (χ4n) is 3.33. The highest BCUT2D eigenvalue weighted by Gasteiger charge is 2.74. The summed E-state index contributed by atoms with van der Waals surface area (Å²) in [5, 5.41) is 10.5. The van der Waals surface area contributed by atoms with Gasteiger partial charge in [-0.3, -0.25) is 4.79 Å². The van der Waals surface area contributed by atoms with Gasteiger partial charge in [0.1, 0.15) is 0 Å². The van der Waals surface area contributed by atoms with Crippen LogP contribution in [0.2, 0.25) is 5.02 Å². The summed E-state index contributed by atoms with van der Waals surface area (Å²) in [4.78, 5) is 11.9. The molecule has 0 amide bonds. The molecule has 1 saturated carbocycles. The number of aliphatic carboxylic acids is 1. The molecule has 1 aliphatic carbocycles. The Labute approximate surface area is 125 Å². The van der Waals surface area contributed by atoms with E-state index in [0.29, 0.717) is 11.4 Å². The molecule has 0 aliphatic heterocycles. The van der Waals surface area contributed by atoms with Crippen molar-refractivity contribution < 1.29 is 9.90 Å². The van der Waals surface area contributed by atoms with E-state index in [4.69, 9.17) is 11.6 Å². The highest BCUT2D eigenvalue weighted by atomic mass is 35.5. The predicted molar refractivity (Wildman–Crippen MR) is 81.9 cm³/mol. The maximum absolute atomic E-state index is 11.9. The van der Waals surface area contributed by atoms with Gasteiger partial charge in [0, 0.05) is 10.9 Å². The van der Waals surface area contributed by atoms with Gasteiger partial charge in [-0.05, 0) is 43.4 Å². The first-order valence-electron chi connectivity index (χ1n) is 6.84. The van der Waals surface area contributed by atoms with Gasteiger partial charge in [0.25, 0.3) is 0 Å². The van der Waals surface area contributed by atoms with E-state index in [2.05, 4.69) is 6.08 Å². The lowest BCUT2D eigenvalue weighted by atomic mass is 9.88. The van der Waals surface area contributed by atoms with E-state index in [1.165, 1.54) is 5.57 Å². The van der Waals surface area contributed by atoms with Gasteiger partial charge < -0.3 is 5.11 Å². The third-order valence-electron chi connectivity index (χ3n) is 4.65. The number of halogens is 1. The van der Waals surface area contributed by atoms with Crippen LogP contribution in [0.5, 0.6) is 0 Å². The third-order valence-corrected chi connectivity index (χ3v) is 4.90. The van der Waals surface area contributed by atoms with Gasteiger partial charge in [-0.15, -0.1) is 0 Å². The summed E-state index contributed by atoms with van der Waals surface area (Å²) in [6.07, 6.45) is 2.64. The number of hydrogen-bond acceptors (Lipinski definition) is 1. The van der Waals surface area contributed by atoms with Crippen molar-refractivity contribution in [2.45, 2.75) is 34.1 Å². The number of carbonyl (C=O) groups is 1. The Morgan fingerprint density at radius 2 is 1.85 bits per heavy atom. The zero-order valence-electron chi connectivity index (χ0n) is 12.4. The summed E-state index contributed by atoms with van der Waals surface area (Å²) in [5.41, 5.74) is 1.25. The number of rotatable bonds is 4. The molecule has 0 bridgehead atoms. The topological polar surface area (TPSA) is 37.3 Å².